The molecule has 0 spiro atoms. The van der Waals surface area contributed by atoms with Crippen molar-refractivity contribution >= 4 is 6.03 Å². The molecule has 6 nitrogen and oxygen atoms in total. The summed E-state index contributed by atoms with van der Waals surface area (Å²) >= 11 is 0. The van der Waals surface area contributed by atoms with Crippen molar-refractivity contribution in [3.63, 3.8) is 0 Å². The lowest BCUT2D eigenvalue weighted by Crippen LogP contribution is -2.53. The molecule has 1 aromatic carbocycles. The van der Waals surface area contributed by atoms with Crippen LogP contribution in [0.3, 0.4) is 0 Å². The molecule has 2 heterocycles. The molecule has 7 heteroatoms. The summed E-state index contributed by atoms with van der Waals surface area (Å²) in [6.07, 6.45) is 1.01. The van der Waals surface area contributed by atoms with Crippen molar-refractivity contribution in [2.24, 2.45) is 5.92 Å². The standard InChI is InChI=1S/C20H30FN3O3/c1-15(17-5-3-4-6-18(17)21)23(2)20(25)22-13-19(16-7-10-27-14-16)24-8-11-26-12-9-24/h3-6,15-16,19H,7-14H2,1-2H3,(H,22,25)/t15-,16-,19-/m1/s1. The van der Waals surface area contributed by atoms with Gasteiger partial charge in [-0.3, -0.25) is 4.90 Å². The van der Waals surface area contributed by atoms with Gasteiger partial charge >= 0.3 is 6.03 Å². The summed E-state index contributed by atoms with van der Waals surface area (Å²) in [5, 5.41) is 3.05. The number of hydrogen-bond acceptors (Lipinski definition) is 4. The van der Waals surface area contributed by atoms with E-state index < -0.39 is 0 Å². The van der Waals surface area contributed by atoms with Crippen molar-refractivity contribution in [3.05, 3.63) is 35.6 Å². The van der Waals surface area contributed by atoms with Gasteiger partial charge in [0.1, 0.15) is 5.82 Å². The highest BCUT2D eigenvalue weighted by Crippen LogP contribution is 2.23. The van der Waals surface area contributed by atoms with Crippen LogP contribution in [0.4, 0.5) is 9.18 Å². The van der Waals surface area contributed by atoms with Crippen LogP contribution in [-0.4, -0.2) is 75.0 Å². The molecular weight excluding hydrogens is 349 g/mol. The van der Waals surface area contributed by atoms with Gasteiger partial charge in [-0.05, 0) is 19.4 Å². The SMILES string of the molecule is C[C@H](c1ccccc1F)N(C)C(=O)NC[C@H]([C@@H]1CCOC1)N1CCOCC1. The zero-order valence-electron chi connectivity index (χ0n) is 16.2. The van der Waals surface area contributed by atoms with Gasteiger partial charge in [-0.1, -0.05) is 18.2 Å². The van der Waals surface area contributed by atoms with Crippen molar-refractivity contribution in [1.29, 1.82) is 0 Å². The average Bonchev–Trinajstić information content (AvgIpc) is 3.22. The molecule has 1 aromatic rings. The second-order valence-corrected chi connectivity index (χ2v) is 7.33. The van der Waals surface area contributed by atoms with Crippen molar-refractivity contribution in [2.45, 2.75) is 25.4 Å². The van der Waals surface area contributed by atoms with E-state index in [0.717, 1.165) is 45.9 Å². The molecule has 0 aliphatic carbocycles. The number of nitrogens with zero attached hydrogens (tertiary/aromatic N) is 2. The number of nitrogens with one attached hydrogen (secondary N) is 1. The molecule has 27 heavy (non-hydrogen) atoms. The Hall–Kier alpha value is -1.70. The highest BCUT2D eigenvalue weighted by Gasteiger charge is 2.32. The zero-order valence-corrected chi connectivity index (χ0v) is 16.2. The Labute approximate surface area is 160 Å². The Morgan fingerprint density at radius 1 is 1.30 bits per heavy atom. The van der Waals surface area contributed by atoms with Crippen LogP contribution in [0.1, 0.15) is 24.9 Å². The number of benzene rings is 1. The van der Waals surface area contributed by atoms with Gasteiger partial charge in [-0.25, -0.2) is 9.18 Å². The number of hydrogen-bond donors (Lipinski definition) is 1. The van der Waals surface area contributed by atoms with E-state index in [1.54, 1.807) is 30.1 Å². The van der Waals surface area contributed by atoms with Gasteiger partial charge in [-0.15, -0.1) is 0 Å². The van der Waals surface area contributed by atoms with Crippen LogP contribution < -0.4 is 5.32 Å². The molecule has 2 saturated heterocycles. The van der Waals surface area contributed by atoms with E-state index >= 15 is 0 Å². The van der Waals surface area contributed by atoms with E-state index in [0.29, 0.717) is 18.0 Å². The maximum atomic E-state index is 14.0. The Morgan fingerprint density at radius 3 is 2.70 bits per heavy atom. The maximum absolute atomic E-state index is 14.0. The molecule has 3 atom stereocenters. The fourth-order valence-corrected chi connectivity index (χ4v) is 3.87. The topological polar surface area (TPSA) is 54.0 Å². The van der Waals surface area contributed by atoms with Crippen molar-refractivity contribution in [2.75, 3.05) is 53.1 Å². The third-order valence-electron chi connectivity index (χ3n) is 5.74. The largest absolute Gasteiger partial charge is 0.381 e. The highest BCUT2D eigenvalue weighted by molar-refractivity contribution is 5.74. The van der Waals surface area contributed by atoms with Gasteiger partial charge in [0.2, 0.25) is 0 Å². The molecule has 0 unspecified atom stereocenters. The fourth-order valence-electron chi connectivity index (χ4n) is 3.87. The molecule has 2 fully saturated rings. The number of carbonyl (C=O) groups excluding carboxylic acids is 1. The molecule has 2 amide bonds. The maximum Gasteiger partial charge on any atom is 0.317 e. The minimum absolute atomic E-state index is 0.192. The van der Waals surface area contributed by atoms with E-state index in [1.165, 1.54) is 6.07 Å². The van der Waals surface area contributed by atoms with E-state index in [9.17, 15) is 9.18 Å². The summed E-state index contributed by atoms with van der Waals surface area (Å²) in [7, 11) is 1.70. The van der Waals surface area contributed by atoms with Crippen LogP contribution in [0.15, 0.2) is 24.3 Å². The number of rotatable bonds is 6. The lowest BCUT2D eigenvalue weighted by atomic mass is 9.97. The van der Waals surface area contributed by atoms with Crippen LogP contribution >= 0.6 is 0 Å². The molecule has 0 saturated carbocycles. The molecule has 150 valence electrons. The van der Waals surface area contributed by atoms with Crippen LogP contribution in [0.25, 0.3) is 0 Å². The summed E-state index contributed by atoms with van der Waals surface area (Å²) in [5.74, 6) is 0.122. The quantitative estimate of drug-likeness (QED) is 0.824. The molecule has 2 aliphatic heterocycles. The molecule has 0 radical (unpaired) electrons. The van der Waals surface area contributed by atoms with E-state index in [2.05, 4.69) is 10.2 Å². The third-order valence-corrected chi connectivity index (χ3v) is 5.74. The summed E-state index contributed by atoms with van der Waals surface area (Å²) in [5.41, 5.74) is 0.518. The third kappa shape index (κ3) is 4.97. The lowest BCUT2D eigenvalue weighted by molar-refractivity contribution is 0.00184. The summed E-state index contributed by atoms with van der Waals surface area (Å²) in [6.45, 7) is 7.11. The Kier molecular flexibility index (Phi) is 7.04. The monoisotopic (exact) mass is 379 g/mol. The first kappa shape index (κ1) is 20.0. The first-order chi connectivity index (χ1) is 13.1. The van der Waals surface area contributed by atoms with Gasteiger partial charge in [-0.2, -0.15) is 0 Å². The molecular formula is C20H30FN3O3. The first-order valence-electron chi connectivity index (χ1n) is 9.72. The molecule has 3 rings (SSSR count). The van der Waals surface area contributed by atoms with Gasteiger partial charge in [0, 0.05) is 50.8 Å². The highest BCUT2D eigenvalue weighted by atomic mass is 19.1. The predicted molar refractivity (Wildman–Crippen MR) is 101 cm³/mol. The Morgan fingerprint density at radius 2 is 2.04 bits per heavy atom. The zero-order chi connectivity index (χ0) is 19.2. The predicted octanol–water partition coefficient (Wildman–Crippen LogP) is 2.27. The summed E-state index contributed by atoms with van der Waals surface area (Å²) in [4.78, 5) is 16.6. The number of urea groups is 1. The van der Waals surface area contributed by atoms with Gasteiger partial charge < -0.3 is 19.7 Å². The van der Waals surface area contributed by atoms with Gasteiger partial charge in [0.15, 0.2) is 0 Å². The molecule has 2 aliphatic rings. The number of halogens is 1. The average molecular weight is 379 g/mol. The van der Waals surface area contributed by atoms with Crippen LogP contribution in [0, 0.1) is 11.7 Å². The smallest absolute Gasteiger partial charge is 0.317 e. The molecule has 0 bridgehead atoms. The normalized spacial score (nSPS) is 23.0. The number of carbonyl (C=O) groups is 1. The van der Waals surface area contributed by atoms with Crippen molar-refractivity contribution < 1.29 is 18.7 Å². The Balaban J connectivity index is 1.60. The number of ether oxygens (including phenoxy) is 2. The summed E-state index contributed by atoms with van der Waals surface area (Å²) in [6, 6.07) is 6.28. The lowest BCUT2D eigenvalue weighted by Gasteiger charge is -2.38. The minimum atomic E-state index is -0.345. The van der Waals surface area contributed by atoms with E-state index in [4.69, 9.17) is 9.47 Å². The van der Waals surface area contributed by atoms with Gasteiger partial charge in [0.05, 0.1) is 25.9 Å². The van der Waals surface area contributed by atoms with E-state index in [-0.39, 0.29) is 23.9 Å². The van der Waals surface area contributed by atoms with Crippen molar-refractivity contribution in [1.82, 2.24) is 15.1 Å². The Bertz CT molecular complexity index is 618. The second kappa shape index (κ2) is 9.48. The van der Waals surface area contributed by atoms with Crippen LogP contribution in [0.5, 0.6) is 0 Å². The molecule has 1 N–H and O–H groups in total. The molecule has 0 aromatic heterocycles. The minimum Gasteiger partial charge on any atom is -0.381 e. The first-order valence-corrected chi connectivity index (χ1v) is 9.72. The fraction of sp³-hybridized carbons (Fsp3) is 0.650. The van der Waals surface area contributed by atoms with Crippen molar-refractivity contribution in [3.8, 4) is 0 Å². The van der Waals surface area contributed by atoms with Crippen LogP contribution in [0.2, 0.25) is 0 Å². The summed E-state index contributed by atoms with van der Waals surface area (Å²) < 4.78 is 25.1. The number of morpholine rings is 1. The van der Waals surface area contributed by atoms with Crippen LogP contribution in [-0.2, 0) is 9.47 Å². The van der Waals surface area contributed by atoms with Gasteiger partial charge in [0.25, 0.3) is 0 Å². The number of amides is 2. The second-order valence-electron chi connectivity index (χ2n) is 7.33. The van der Waals surface area contributed by atoms with E-state index in [1.807, 2.05) is 6.92 Å².